The number of nitrogens with zero attached hydrogens (tertiary/aromatic N) is 4. The average molecular weight is 458 g/mol. The third-order valence-electron chi connectivity index (χ3n) is 6.51. The number of carbonyl (C=O) groups excluding carboxylic acids is 1. The molecule has 2 aromatic carbocycles. The number of amides is 1. The van der Waals surface area contributed by atoms with E-state index in [1.165, 1.54) is 0 Å². The summed E-state index contributed by atoms with van der Waals surface area (Å²) in [6, 6.07) is 18.1. The zero-order valence-corrected chi connectivity index (χ0v) is 18.9. The van der Waals surface area contributed by atoms with Crippen LogP contribution in [0.4, 0.5) is 11.4 Å². The monoisotopic (exact) mass is 457 g/mol. The number of benzene rings is 2. The van der Waals surface area contributed by atoms with E-state index in [4.69, 9.17) is 9.15 Å². The van der Waals surface area contributed by atoms with Gasteiger partial charge in [0.05, 0.1) is 30.0 Å². The molecule has 2 fully saturated rings. The van der Waals surface area contributed by atoms with Crippen molar-refractivity contribution in [1.29, 1.82) is 5.26 Å². The van der Waals surface area contributed by atoms with Gasteiger partial charge in [0.25, 0.3) is 0 Å². The molecule has 1 amide bonds. The number of oxazole rings is 1. The van der Waals surface area contributed by atoms with E-state index in [1.807, 2.05) is 30.3 Å². The summed E-state index contributed by atoms with van der Waals surface area (Å²) in [4.78, 5) is 21.4. The van der Waals surface area contributed by atoms with E-state index in [0.29, 0.717) is 30.4 Å². The molecule has 0 radical (unpaired) electrons. The van der Waals surface area contributed by atoms with Crippen LogP contribution in [0.5, 0.6) is 0 Å². The summed E-state index contributed by atoms with van der Waals surface area (Å²) in [7, 11) is 0. The number of piperazine rings is 1. The largest absolute Gasteiger partial charge is 0.447 e. The van der Waals surface area contributed by atoms with Crippen molar-refractivity contribution in [3.63, 3.8) is 0 Å². The van der Waals surface area contributed by atoms with E-state index >= 15 is 0 Å². The highest BCUT2D eigenvalue weighted by molar-refractivity contribution is 5.93. The van der Waals surface area contributed by atoms with Gasteiger partial charge in [-0.25, -0.2) is 4.98 Å². The molecule has 0 saturated carbocycles. The first-order valence-electron chi connectivity index (χ1n) is 11.6. The highest BCUT2D eigenvalue weighted by Crippen LogP contribution is 2.31. The van der Waals surface area contributed by atoms with Crippen LogP contribution < -0.4 is 10.2 Å². The SMILES string of the molecule is N#Cc1cc(NC(=O)[C@@H]2CCOC2)ccc1N1CCN(C(c2ccccc2)c2ncco2)CC1. The maximum atomic E-state index is 12.4. The van der Waals surface area contributed by atoms with Crippen molar-refractivity contribution >= 4 is 17.3 Å². The van der Waals surface area contributed by atoms with Crippen LogP contribution in [0.25, 0.3) is 0 Å². The molecule has 1 unspecified atom stereocenters. The topological polar surface area (TPSA) is 94.6 Å². The van der Waals surface area contributed by atoms with Gasteiger partial charge in [0.1, 0.15) is 18.4 Å². The van der Waals surface area contributed by atoms with E-state index in [-0.39, 0.29) is 17.9 Å². The van der Waals surface area contributed by atoms with Crippen LogP contribution in [0.2, 0.25) is 0 Å². The maximum Gasteiger partial charge on any atom is 0.229 e. The molecular weight excluding hydrogens is 430 g/mol. The molecular formula is C26H27N5O3. The van der Waals surface area contributed by atoms with Crippen LogP contribution in [0.3, 0.4) is 0 Å². The lowest BCUT2D eigenvalue weighted by molar-refractivity contribution is -0.119. The fourth-order valence-electron chi connectivity index (χ4n) is 4.70. The van der Waals surface area contributed by atoms with Gasteiger partial charge in [0, 0.05) is 38.5 Å². The Kier molecular flexibility index (Phi) is 6.56. The Morgan fingerprint density at radius 3 is 2.65 bits per heavy atom. The van der Waals surface area contributed by atoms with Crippen molar-refractivity contribution in [2.45, 2.75) is 12.5 Å². The molecule has 34 heavy (non-hydrogen) atoms. The van der Waals surface area contributed by atoms with Crippen molar-refractivity contribution in [2.75, 3.05) is 49.6 Å². The summed E-state index contributed by atoms with van der Waals surface area (Å²) in [6.45, 7) is 4.21. The van der Waals surface area contributed by atoms with Crippen LogP contribution in [0.15, 0.2) is 65.4 Å². The Morgan fingerprint density at radius 2 is 1.97 bits per heavy atom. The van der Waals surface area contributed by atoms with Crippen LogP contribution in [0.1, 0.15) is 29.5 Å². The van der Waals surface area contributed by atoms with E-state index < -0.39 is 0 Å². The zero-order chi connectivity index (χ0) is 23.3. The molecule has 0 aliphatic carbocycles. The molecule has 1 N–H and O–H groups in total. The molecule has 5 rings (SSSR count). The molecule has 3 aromatic rings. The van der Waals surface area contributed by atoms with Gasteiger partial charge in [0.2, 0.25) is 11.8 Å². The Hall–Kier alpha value is -3.67. The Balaban J connectivity index is 1.28. The highest BCUT2D eigenvalue weighted by atomic mass is 16.5. The second kappa shape index (κ2) is 10.1. The Labute approximate surface area is 198 Å². The third kappa shape index (κ3) is 4.67. The van der Waals surface area contributed by atoms with Crippen molar-refractivity contribution < 1.29 is 13.9 Å². The number of hydrogen-bond donors (Lipinski definition) is 1. The van der Waals surface area contributed by atoms with Crippen LogP contribution in [0, 0.1) is 17.2 Å². The molecule has 8 nitrogen and oxygen atoms in total. The maximum absolute atomic E-state index is 12.4. The first-order chi connectivity index (χ1) is 16.7. The summed E-state index contributed by atoms with van der Waals surface area (Å²) < 4.78 is 11.0. The first kappa shape index (κ1) is 22.1. The van der Waals surface area contributed by atoms with Gasteiger partial charge in [-0.3, -0.25) is 9.69 Å². The standard InChI is InChI=1S/C26H27N5O3/c27-17-21-16-22(29-25(32)20-8-14-33-18-20)6-7-23(21)30-10-12-31(13-11-30)24(26-28-9-15-34-26)19-4-2-1-3-5-19/h1-7,9,15-16,20,24H,8,10-14,18H2,(H,29,32)/t20-,24?/m1/s1. The molecule has 2 aliphatic heterocycles. The zero-order valence-electron chi connectivity index (χ0n) is 18.9. The predicted octanol–water partition coefficient (Wildman–Crippen LogP) is 3.43. The van der Waals surface area contributed by atoms with Crippen LogP contribution >= 0.6 is 0 Å². The van der Waals surface area contributed by atoms with Gasteiger partial charge in [-0.2, -0.15) is 5.26 Å². The minimum atomic E-state index is -0.125. The average Bonchev–Trinajstić information content (AvgIpc) is 3.61. The number of ether oxygens (including phenoxy) is 1. The summed E-state index contributed by atoms with van der Waals surface area (Å²) in [5, 5.41) is 12.7. The third-order valence-corrected chi connectivity index (χ3v) is 6.51. The molecule has 174 valence electrons. The quantitative estimate of drug-likeness (QED) is 0.606. The van der Waals surface area contributed by atoms with Gasteiger partial charge in [0.15, 0.2) is 0 Å². The number of carbonyl (C=O) groups is 1. The number of anilines is 2. The Morgan fingerprint density at radius 1 is 1.15 bits per heavy atom. The molecule has 1 aromatic heterocycles. The summed E-state index contributed by atoms with van der Waals surface area (Å²) >= 11 is 0. The van der Waals surface area contributed by atoms with Crippen molar-refractivity contribution in [3.05, 3.63) is 78.0 Å². The fraction of sp³-hybridized carbons (Fsp3) is 0.346. The van der Waals surface area contributed by atoms with Crippen molar-refractivity contribution in [2.24, 2.45) is 5.92 Å². The van der Waals surface area contributed by atoms with Gasteiger partial charge in [-0.1, -0.05) is 30.3 Å². The predicted molar refractivity (Wildman–Crippen MR) is 127 cm³/mol. The number of rotatable bonds is 6. The van der Waals surface area contributed by atoms with Crippen LogP contribution in [-0.2, 0) is 9.53 Å². The van der Waals surface area contributed by atoms with Crippen molar-refractivity contribution in [3.8, 4) is 6.07 Å². The fourth-order valence-corrected chi connectivity index (χ4v) is 4.70. The summed E-state index contributed by atoms with van der Waals surface area (Å²) in [6.07, 6.45) is 4.03. The summed E-state index contributed by atoms with van der Waals surface area (Å²) in [5.41, 5.74) is 3.23. The molecule has 2 saturated heterocycles. The second-order valence-corrected chi connectivity index (χ2v) is 8.60. The van der Waals surface area contributed by atoms with E-state index in [1.54, 1.807) is 18.5 Å². The number of nitriles is 1. The minimum absolute atomic E-state index is 0.0501. The van der Waals surface area contributed by atoms with Crippen molar-refractivity contribution in [1.82, 2.24) is 9.88 Å². The van der Waals surface area contributed by atoms with Crippen LogP contribution in [-0.4, -0.2) is 55.2 Å². The molecule has 2 atom stereocenters. The number of hydrogen-bond acceptors (Lipinski definition) is 7. The second-order valence-electron chi connectivity index (χ2n) is 8.60. The molecule has 2 aliphatic rings. The lowest BCUT2D eigenvalue weighted by Crippen LogP contribution is -2.48. The van der Waals surface area contributed by atoms with E-state index in [9.17, 15) is 10.1 Å². The summed E-state index contributed by atoms with van der Waals surface area (Å²) in [5.74, 6) is 0.505. The normalized spacial score (nSPS) is 19.5. The first-order valence-corrected chi connectivity index (χ1v) is 11.6. The van der Waals surface area contributed by atoms with Gasteiger partial charge in [-0.05, 0) is 30.2 Å². The van der Waals surface area contributed by atoms with Gasteiger partial charge in [-0.15, -0.1) is 0 Å². The molecule has 0 bridgehead atoms. The molecule has 0 spiro atoms. The Bertz CT molecular complexity index is 1140. The van der Waals surface area contributed by atoms with E-state index in [0.717, 1.165) is 43.9 Å². The lowest BCUT2D eigenvalue weighted by atomic mass is 10.0. The number of aromatic nitrogens is 1. The number of nitrogens with one attached hydrogen (secondary N) is 1. The molecule has 3 heterocycles. The smallest absolute Gasteiger partial charge is 0.229 e. The minimum Gasteiger partial charge on any atom is -0.447 e. The lowest BCUT2D eigenvalue weighted by Gasteiger charge is -2.39. The van der Waals surface area contributed by atoms with Gasteiger partial charge >= 0.3 is 0 Å². The van der Waals surface area contributed by atoms with E-state index in [2.05, 4.69) is 38.3 Å². The molecule has 8 heteroatoms. The highest BCUT2D eigenvalue weighted by Gasteiger charge is 2.30. The van der Waals surface area contributed by atoms with Gasteiger partial charge < -0.3 is 19.4 Å².